The first-order valence-corrected chi connectivity index (χ1v) is 20.8. The topological polar surface area (TPSA) is 66.4 Å². The lowest BCUT2D eigenvalue weighted by Crippen LogP contribution is -2.56. The summed E-state index contributed by atoms with van der Waals surface area (Å²) in [5.74, 6) is 1.89. The van der Waals surface area contributed by atoms with Gasteiger partial charge in [0.1, 0.15) is 0 Å². The molecule has 4 heteroatoms. The van der Waals surface area contributed by atoms with E-state index in [4.69, 9.17) is 0 Å². The van der Waals surface area contributed by atoms with Gasteiger partial charge in [0.2, 0.25) is 5.91 Å². The SMILES string of the molecule is C=C[C@@]1(C)CC=C2[C@@H](CC[C@@H]3[C@](C)(C(=O)NC4CCCCC4)CCC[C@@]23C)C1.C=C[C@@]1(C)CC=C2[C@@H](CC[C@@H]3[C@](C)(C(=O)O)CCC[C@@]23C)C1. The van der Waals surface area contributed by atoms with E-state index in [1.54, 1.807) is 11.1 Å². The van der Waals surface area contributed by atoms with Crippen LogP contribution in [0.2, 0.25) is 0 Å². The van der Waals surface area contributed by atoms with Gasteiger partial charge in [-0.05, 0) is 142 Å². The molecule has 4 nitrogen and oxygen atoms in total. The molecule has 0 aromatic rings. The molecular formula is C46H71NO3. The Balaban J connectivity index is 0.000000178. The number of carboxylic acids is 1. The summed E-state index contributed by atoms with van der Waals surface area (Å²) >= 11 is 0. The second kappa shape index (κ2) is 13.7. The molecular weight excluding hydrogens is 615 g/mol. The molecule has 278 valence electrons. The molecule has 0 heterocycles. The van der Waals surface area contributed by atoms with Crippen molar-refractivity contribution in [1.82, 2.24) is 5.32 Å². The monoisotopic (exact) mass is 686 g/mol. The molecule has 7 aliphatic rings. The van der Waals surface area contributed by atoms with Crippen molar-refractivity contribution >= 4 is 11.9 Å². The number of fused-ring (bicyclic) bond motifs is 6. The Hall–Kier alpha value is -2.10. The highest BCUT2D eigenvalue weighted by atomic mass is 16.4. The molecule has 0 aromatic carbocycles. The normalized spacial score (nSPS) is 45.7. The van der Waals surface area contributed by atoms with Gasteiger partial charge in [0.05, 0.1) is 10.8 Å². The summed E-state index contributed by atoms with van der Waals surface area (Å²) in [7, 11) is 0. The maximum atomic E-state index is 13.6. The second-order valence-corrected chi connectivity index (χ2v) is 20.0. The van der Waals surface area contributed by atoms with Gasteiger partial charge in [-0.1, -0.05) is 102 Å². The summed E-state index contributed by atoms with van der Waals surface area (Å²) in [5.41, 5.74) is 3.32. The van der Waals surface area contributed by atoms with Crippen molar-refractivity contribution in [3.05, 3.63) is 48.6 Å². The number of amides is 1. The Labute approximate surface area is 305 Å². The standard InChI is InChI=1S/C26H41NO.C20H30O2/c1-5-24(2)17-14-21-19(18-24)12-13-22-25(21,3)15-9-16-26(22,4)23(28)27-20-10-7-6-8-11-20;1-5-18(2)12-9-15-14(13-18)7-8-16-19(15,3)10-6-11-20(16,4)17(21)22/h5,14,19-20,22H,1,6-13,15-18H2,2-4H3,(H,27,28);5,9,14,16H,1,6-8,10-13H2,2-4H3,(H,21,22)/t19-,22-,24-,25-,26+;14-,16-,18-,19-,20+/m00/s1. The van der Waals surface area contributed by atoms with Crippen molar-refractivity contribution in [2.24, 2.45) is 56.2 Å². The van der Waals surface area contributed by atoms with Crippen molar-refractivity contribution in [3.8, 4) is 0 Å². The average molecular weight is 686 g/mol. The number of carbonyl (C=O) groups is 2. The first kappa shape index (κ1) is 37.7. The smallest absolute Gasteiger partial charge is 0.309 e. The minimum absolute atomic E-state index is 0.0941. The summed E-state index contributed by atoms with van der Waals surface area (Å²) in [5, 5.41) is 13.3. The first-order chi connectivity index (χ1) is 23.6. The average Bonchev–Trinajstić information content (AvgIpc) is 3.08. The van der Waals surface area contributed by atoms with Gasteiger partial charge in [0.25, 0.3) is 0 Å². The molecule has 50 heavy (non-hydrogen) atoms. The Morgan fingerprint density at radius 2 is 1.12 bits per heavy atom. The van der Waals surface area contributed by atoms with Gasteiger partial charge in [0.15, 0.2) is 0 Å². The maximum Gasteiger partial charge on any atom is 0.309 e. The third-order valence-electron chi connectivity index (χ3n) is 16.6. The van der Waals surface area contributed by atoms with Gasteiger partial charge in [-0.2, -0.15) is 0 Å². The molecule has 7 rings (SSSR count). The fourth-order valence-electron chi connectivity index (χ4n) is 13.4. The van der Waals surface area contributed by atoms with E-state index in [0.29, 0.717) is 35.6 Å². The van der Waals surface area contributed by atoms with Gasteiger partial charge >= 0.3 is 5.97 Å². The summed E-state index contributed by atoms with van der Waals surface area (Å²) in [6.45, 7) is 22.0. The first-order valence-electron chi connectivity index (χ1n) is 20.8. The van der Waals surface area contributed by atoms with Crippen LogP contribution >= 0.6 is 0 Å². The molecule has 0 bridgehead atoms. The van der Waals surface area contributed by atoms with Crippen LogP contribution in [-0.4, -0.2) is 23.0 Å². The number of rotatable bonds is 5. The second-order valence-electron chi connectivity index (χ2n) is 20.0. The molecule has 0 spiro atoms. The van der Waals surface area contributed by atoms with Crippen LogP contribution in [0.25, 0.3) is 0 Å². The molecule has 0 unspecified atom stereocenters. The van der Waals surface area contributed by atoms with E-state index in [-0.39, 0.29) is 27.1 Å². The van der Waals surface area contributed by atoms with E-state index in [1.807, 2.05) is 6.92 Å². The predicted octanol–water partition coefficient (Wildman–Crippen LogP) is 11.8. The number of nitrogens with one attached hydrogen (secondary N) is 1. The number of hydrogen-bond donors (Lipinski definition) is 2. The molecule has 2 N–H and O–H groups in total. The van der Waals surface area contributed by atoms with Gasteiger partial charge in [-0.15, -0.1) is 13.2 Å². The van der Waals surface area contributed by atoms with Gasteiger partial charge in [-0.25, -0.2) is 0 Å². The molecule has 10 atom stereocenters. The van der Waals surface area contributed by atoms with Gasteiger partial charge in [-0.3, -0.25) is 9.59 Å². The third-order valence-corrected chi connectivity index (χ3v) is 16.6. The summed E-state index contributed by atoms with van der Waals surface area (Å²) in [6.07, 6.45) is 31.4. The van der Waals surface area contributed by atoms with Crippen molar-refractivity contribution in [2.75, 3.05) is 0 Å². The number of carbonyl (C=O) groups excluding carboxylic acids is 1. The van der Waals surface area contributed by atoms with Gasteiger partial charge in [0, 0.05) is 6.04 Å². The van der Waals surface area contributed by atoms with Crippen LogP contribution in [0.5, 0.6) is 0 Å². The van der Waals surface area contributed by atoms with Gasteiger partial charge < -0.3 is 10.4 Å². The highest BCUT2D eigenvalue weighted by molar-refractivity contribution is 5.83. The van der Waals surface area contributed by atoms with E-state index in [1.165, 1.54) is 70.6 Å². The molecule has 0 saturated heterocycles. The minimum Gasteiger partial charge on any atom is -0.481 e. The largest absolute Gasteiger partial charge is 0.481 e. The maximum absolute atomic E-state index is 13.6. The van der Waals surface area contributed by atoms with E-state index >= 15 is 0 Å². The summed E-state index contributed by atoms with van der Waals surface area (Å²) < 4.78 is 0. The fraction of sp³-hybridized carbons (Fsp3) is 0.783. The Bertz CT molecular complexity index is 1400. The Morgan fingerprint density at radius 1 is 0.660 bits per heavy atom. The van der Waals surface area contributed by atoms with Crippen molar-refractivity contribution in [3.63, 3.8) is 0 Å². The van der Waals surface area contributed by atoms with Crippen LogP contribution < -0.4 is 5.32 Å². The minimum atomic E-state index is -0.589. The fourth-order valence-corrected chi connectivity index (χ4v) is 13.4. The summed E-state index contributed by atoms with van der Waals surface area (Å²) in [6, 6.07) is 0.421. The molecule has 0 aromatic heterocycles. The van der Waals surface area contributed by atoms with Crippen LogP contribution in [0.15, 0.2) is 48.6 Å². The molecule has 0 radical (unpaired) electrons. The number of allylic oxidation sites excluding steroid dienone is 6. The molecule has 0 aliphatic heterocycles. The number of hydrogen-bond acceptors (Lipinski definition) is 2. The van der Waals surface area contributed by atoms with E-state index in [2.05, 4.69) is 77.4 Å². The van der Waals surface area contributed by atoms with E-state index < -0.39 is 11.4 Å². The predicted molar refractivity (Wildman–Crippen MR) is 206 cm³/mol. The molecule has 7 aliphatic carbocycles. The van der Waals surface area contributed by atoms with E-state index in [0.717, 1.165) is 51.4 Å². The summed E-state index contributed by atoms with van der Waals surface area (Å²) in [4.78, 5) is 25.5. The zero-order valence-corrected chi connectivity index (χ0v) is 32.8. The van der Waals surface area contributed by atoms with Crippen LogP contribution in [0, 0.1) is 56.2 Å². The van der Waals surface area contributed by atoms with Crippen LogP contribution in [0.4, 0.5) is 0 Å². The molecule has 5 saturated carbocycles. The van der Waals surface area contributed by atoms with Crippen LogP contribution in [0.1, 0.15) is 164 Å². The Morgan fingerprint density at radius 3 is 1.58 bits per heavy atom. The van der Waals surface area contributed by atoms with E-state index in [9.17, 15) is 14.7 Å². The molecule has 5 fully saturated rings. The van der Waals surface area contributed by atoms with Crippen LogP contribution in [0.3, 0.4) is 0 Å². The zero-order chi connectivity index (χ0) is 36.2. The lowest BCUT2D eigenvalue weighted by Gasteiger charge is -2.58. The molecule has 1 amide bonds. The lowest BCUT2D eigenvalue weighted by molar-refractivity contribution is -0.160. The zero-order valence-electron chi connectivity index (χ0n) is 32.8. The third kappa shape index (κ3) is 6.44. The number of aliphatic carboxylic acids is 1. The lowest BCUT2D eigenvalue weighted by atomic mass is 9.46. The highest BCUT2D eigenvalue weighted by Crippen LogP contribution is 2.65. The highest BCUT2D eigenvalue weighted by Gasteiger charge is 2.59. The quantitative estimate of drug-likeness (QED) is 0.283. The van der Waals surface area contributed by atoms with Crippen LogP contribution in [-0.2, 0) is 9.59 Å². The van der Waals surface area contributed by atoms with Crippen molar-refractivity contribution in [2.45, 2.75) is 170 Å². The Kier molecular flexibility index (Phi) is 10.3. The van der Waals surface area contributed by atoms with Crippen molar-refractivity contribution in [1.29, 1.82) is 0 Å². The van der Waals surface area contributed by atoms with Crippen molar-refractivity contribution < 1.29 is 14.7 Å². The number of carboxylic acid groups (broad SMARTS) is 1.